The van der Waals surface area contributed by atoms with Gasteiger partial charge >= 0.3 is 0 Å². The number of rotatable bonds is 6. The molecule has 29 heavy (non-hydrogen) atoms. The normalized spacial score (nSPS) is 11.2. The highest BCUT2D eigenvalue weighted by molar-refractivity contribution is 7.92. The van der Waals surface area contributed by atoms with Crippen LogP contribution in [-0.2, 0) is 10.0 Å². The summed E-state index contributed by atoms with van der Waals surface area (Å²) in [5, 5.41) is 5.00. The molecule has 10 heteroatoms. The highest BCUT2D eigenvalue weighted by atomic mass is 32.2. The predicted octanol–water partition coefficient (Wildman–Crippen LogP) is 3.53. The Morgan fingerprint density at radius 2 is 1.86 bits per heavy atom. The molecule has 0 aliphatic heterocycles. The Kier molecular flexibility index (Phi) is 5.85. The lowest BCUT2D eigenvalue weighted by Gasteiger charge is -2.15. The van der Waals surface area contributed by atoms with Gasteiger partial charge < -0.3 is 10.1 Å². The first-order chi connectivity index (χ1) is 13.7. The number of thiazole rings is 1. The van der Waals surface area contributed by atoms with Gasteiger partial charge in [0.1, 0.15) is 5.69 Å². The smallest absolute Gasteiger partial charge is 0.275 e. The number of amides is 1. The highest BCUT2D eigenvalue weighted by Crippen LogP contribution is 2.29. The lowest BCUT2D eigenvalue weighted by atomic mass is 10.1. The molecule has 0 aliphatic carbocycles. The van der Waals surface area contributed by atoms with Gasteiger partial charge in [-0.05, 0) is 38.0 Å². The maximum absolute atomic E-state index is 13.0. The van der Waals surface area contributed by atoms with Crippen LogP contribution in [0.25, 0.3) is 0 Å². The molecule has 0 spiro atoms. The summed E-state index contributed by atoms with van der Waals surface area (Å²) in [5.74, 6) is -0.529. The number of anilines is 2. The summed E-state index contributed by atoms with van der Waals surface area (Å²) in [6.45, 7) is 5.42. The van der Waals surface area contributed by atoms with Crippen LogP contribution in [-0.4, -0.2) is 31.4 Å². The Hall–Kier alpha value is -2.98. The molecule has 1 amide bonds. The second-order valence-electron chi connectivity index (χ2n) is 6.31. The molecule has 0 aliphatic rings. The maximum Gasteiger partial charge on any atom is 0.275 e. The number of nitrogens with zero attached hydrogens (tertiary/aromatic N) is 2. The SMILES string of the molecule is COc1ncc(NC(=O)c2csc(C)n2)cc1S(=O)(=O)Nc1c(C)cccc1C. The van der Waals surface area contributed by atoms with Crippen molar-refractivity contribution in [2.45, 2.75) is 25.7 Å². The second kappa shape index (κ2) is 8.18. The van der Waals surface area contributed by atoms with Crippen LogP contribution < -0.4 is 14.8 Å². The number of sulfonamides is 1. The standard InChI is InChI=1S/C19H20N4O4S2/c1-11-6-5-7-12(2)17(11)23-29(25,26)16-8-14(9-20-19(16)27-4)22-18(24)15-10-28-13(3)21-15/h5-10,23H,1-4H3,(H,22,24). The van der Waals surface area contributed by atoms with E-state index in [1.54, 1.807) is 12.3 Å². The van der Waals surface area contributed by atoms with Gasteiger partial charge in [-0.2, -0.15) is 0 Å². The number of carbonyl (C=O) groups is 1. The van der Waals surface area contributed by atoms with Gasteiger partial charge in [-0.3, -0.25) is 9.52 Å². The number of aromatic nitrogens is 2. The third-order valence-electron chi connectivity index (χ3n) is 4.13. The van der Waals surface area contributed by atoms with Crippen molar-refractivity contribution >= 4 is 38.6 Å². The number of hydrogen-bond donors (Lipinski definition) is 2. The Morgan fingerprint density at radius 1 is 1.17 bits per heavy atom. The summed E-state index contributed by atoms with van der Waals surface area (Å²) < 4.78 is 33.8. The van der Waals surface area contributed by atoms with E-state index in [1.807, 2.05) is 32.0 Å². The third kappa shape index (κ3) is 4.54. The zero-order valence-corrected chi connectivity index (χ0v) is 17.9. The van der Waals surface area contributed by atoms with E-state index in [0.717, 1.165) is 16.1 Å². The lowest BCUT2D eigenvalue weighted by molar-refractivity contribution is 0.102. The van der Waals surface area contributed by atoms with Crippen molar-refractivity contribution in [1.82, 2.24) is 9.97 Å². The van der Waals surface area contributed by atoms with Gasteiger partial charge in [0.05, 0.1) is 29.7 Å². The Balaban J connectivity index is 1.95. The van der Waals surface area contributed by atoms with Crippen LogP contribution in [0.1, 0.15) is 26.6 Å². The number of carbonyl (C=O) groups excluding carboxylic acids is 1. The Labute approximate surface area is 173 Å². The highest BCUT2D eigenvalue weighted by Gasteiger charge is 2.24. The number of nitrogens with one attached hydrogen (secondary N) is 2. The second-order valence-corrected chi connectivity index (χ2v) is 9.02. The number of aryl methyl sites for hydroxylation is 3. The van der Waals surface area contributed by atoms with Gasteiger partial charge in [-0.25, -0.2) is 18.4 Å². The van der Waals surface area contributed by atoms with Crippen LogP contribution in [0, 0.1) is 20.8 Å². The van der Waals surface area contributed by atoms with E-state index in [2.05, 4.69) is 20.0 Å². The summed E-state index contributed by atoms with van der Waals surface area (Å²) in [6, 6.07) is 6.78. The van der Waals surface area contributed by atoms with Crippen molar-refractivity contribution < 1.29 is 17.9 Å². The molecule has 0 saturated carbocycles. The maximum atomic E-state index is 13.0. The van der Waals surface area contributed by atoms with Crippen LogP contribution >= 0.6 is 11.3 Å². The minimum absolute atomic E-state index is 0.0776. The molecule has 3 aromatic rings. The van der Waals surface area contributed by atoms with E-state index >= 15 is 0 Å². The summed E-state index contributed by atoms with van der Waals surface area (Å²) in [7, 11) is -2.69. The first kappa shape index (κ1) is 20.7. The van der Waals surface area contributed by atoms with Gasteiger partial charge in [0, 0.05) is 5.38 Å². The quantitative estimate of drug-likeness (QED) is 0.617. The van der Waals surface area contributed by atoms with Crippen molar-refractivity contribution in [2.75, 3.05) is 17.1 Å². The van der Waals surface area contributed by atoms with E-state index in [9.17, 15) is 13.2 Å². The first-order valence-corrected chi connectivity index (χ1v) is 10.9. The molecular weight excluding hydrogens is 412 g/mol. The fourth-order valence-electron chi connectivity index (χ4n) is 2.67. The zero-order valence-electron chi connectivity index (χ0n) is 16.3. The number of para-hydroxylation sites is 1. The van der Waals surface area contributed by atoms with Crippen LogP contribution in [0.5, 0.6) is 5.88 Å². The van der Waals surface area contributed by atoms with E-state index in [1.165, 1.54) is 30.7 Å². The molecule has 152 valence electrons. The van der Waals surface area contributed by atoms with Crippen molar-refractivity contribution in [2.24, 2.45) is 0 Å². The zero-order chi connectivity index (χ0) is 21.2. The summed E-state index contributed by atoms with van der Waals surface area (Å²) in [4.78, 5) is 20.3. The topological polar surface area (TPSA) is 110 Å². The molecule has 3 rings (SSSR count). The van der Waals surface area contributed by atoms with Gasteiger partial charge in [0.25, 0.3) is 15.9 Å². The Morgan fingerprint density at radius 3 is 2.45 bits per heavy atom. The number of methoxy groups -OCH3 is 1. The Bertz CT molecular complexity index is 1150. The molecular formula is C19H20N4O4S2. The number of pyridine rings is 1. The van der Waals surface area contributed by atoms with Crippen LogP contribution in [0.15, 0.2) is 40.7 Å². The fraction of sp³-hybridized carbons (Fsp3) is 0.211. The van der Waals surface area contributed by atoms with Gasteiger partial charge in [0.15, 0.2) is 4.90 Å². The minimum atomic E-state index is -4.02. The molecule has 1 aromatic carbocycles. The van der Waals surface area contributed by atoms with E-state index < -0.39 is 15.9 Å². The summed E-state index contributed by atoms with van der Waals surface area (Å²) >= 11 is 1.35. The average Bonchev–Trinajstić information content (AvgIpc) is 3.11. The largest absolute Gasteiger partial charge is 0.480 e. The number of ether oxygens (including phenoxy) is 1. The van der Waals surface area contributed by atoms with Gasteiger partial charge in [-0.15, -0.1) is 11.3 Å². The van der Waals surface area contributed by atoms with Crippen LogP contribution in [0.4, 0.5) is 11.4 Å². The number of benzene rings is 1. The third-order valence-corrected chi connectivity index (χ3v) is 6.25. The predicted molar refractivity (Wildman–Crippen MR) is 112 cm³/mol. The first-order valence-electron chi connectivity index (χ1n) is 8.58. The van der Waals surface area contributed by atoms with Crippen LogP contribution in [0.3, 0.4) is 0 Å². The van der Waals surface area contributed by atoms with Crippen molar-refractivity contribution in [3.05, 3.63) is 57.7 Å². The molecule has 2 heterocycles. The van der Waals surface area contributed by atoms with Crippen LogP contribution in [0.2, 0.25) is 0 Å². The number of hydrogen-bond acceptors (Lipinski definition) is 7. The van der Waals surface area contributed by atoms with Gasteiger partial charge in [0.2, 0.25) is 5.88 Å². The molecule has 0 unspecified atom stereocenters. The minimum Gasteiger partial charge on any atom is -0.480 e. The van der Waals surface area contributed by atoms with Crippen molar-refractivity contribution in [3.8, 4) is 5.88 Å². The molecule has 2 aromatic heterocycles. The average molecular weight is 433 g/mol. The fourth-order valence-corrected chi connectivity index (χ4v) is 4.62. The van der Waals surface area contributed by atoms with Crippen molar-refractivity contribution in [3.63, 3.8) is 0 Å². The molecule has 8 nitrogen and oxygen atoms in total. The van der Waals surface area contributed by atoms with E-state index in [0.29, 0.717) is 5.69 Å². The monoisotopic (exact) mass is 432 g/mol. The van der Waals surface area contributed by atoms with Gasteiger partial charge in [-0.1, -0.05) is 18.2 Å². The molecule has 0 saturated heterocycles. The van der Waals surface area contributed by atoms with E-state index in [-0.39, 0.29) is 22.2 Å². The summed E-state index contributed by atoms with van der Waals surface area (Å²) in [5.41, 5.74) is 2.51. The molecule has 0 bridgehead atoms. The molecule has 0 atom stereocenters. The molecule has 0 fully saturated rings. The van der Waals surface area contributed by atoms with E-state index in [4.69, 9.17) is 4.74 Å². The summed E-state index contributed by atoms with van der Waals surface area (Å²) in [6.07, 6.45) is 1.33. The van der Waals surface area contributed by atoms with Crippen molar-refractivity contribution in [1.29, 1.82) is 0 Å². The molecule has 0 radical (unpaired) electrons. The lowest BCUT2D eigenvalue weighted by Crippen LogP contribution is -2.18. The molecule has 2 N–H and O–H groups in total.